The van der Waals surface area contributed by atoms with Crippen molar-refractivity contribution in [3.05, 3.63) is 12.2 Å². The Morgan fingerprint density at radius 1 is 0.828 bits per heavy atom. The molecular formula is C24H46O5. The zero-order valence-corrected chi connectivity index (χ0v) is 18.6. The average molecular weight is 415 g/mol. The van der Waals surface area contributed by atoms with E-state index in [-0.39, 0.29) is 13.2 Å². The summed E-state index contributed by atoms with van der Waals surface area (Å²) in [5.41, 5.74) is 0. The van der Waals surface area contributed by atoms with Gasteiger partial charge in [-0.25, -0.2) is 0 Å². The third-order valence-corrected chi connectivity index (χ3v) is 5.71. The van der Waals surface area contributed by atoms with Crippen molar-refractivity contribution in [1.82, 2.24) is 0 Å². The number of aliphatic hydroxyl groups excluding tert-OH is 3. The first-order valence-corrected chi connectivity index (χ1v) is 12.1. The van der Waals surface area contributed by atoms with Crippen LogP contribution in [-0.2, 0) is 9.47 Å². The van der Waals surface area contributed by atoms with Gasteiger partial charge in [0.05, 0.1) is 13.2 Å². The van der Waals surface area contributed by atoms with Gasteiger partial charge in [-0.05, 0) is 25.7 Å². The number of aliphatic hydroxyl groups is 3. The molecule has 1 heterocycles. The zero-order valence-electron chi connectivity index (χ0n) is 18.6. The molecule has 5 heteroatoms. The Balaban J connectivity index is 1.84. The minimum atomic E-state index is -0.971. The number of hydrogen-bond donors (Lipinski definition) is 3. The van der Waals surface area contributed by atoms with Crippen LogP contribution in [0.4, 0.5) is 0 Å². The van der Waals surface area contributed by atoms with Gasteiger partial charge in [0.1, 0.15) is 24.4 Å². The highest BCUT2D eigenvalue weighted by Gasteiger charge is 2.38. The predicted octanol–water partition coefficient (Wildman–Crippen LogP) is 4.52. The zero-order chi connectivity index (χ0) is 21.2. The van der Waals surface area contributed by atoms with Crippen molar-refractivity contribution in [2.24, 2.45) is 0 Å². The largest absolute Gasteiger partial charge is 0.394 e. The quantitative estimate of drug-likeness (QED) is 0.227. The molecule has 0 aromatic rings. The fraction of sp³-hybridized carbons (Fsp3) is 0.917. The van der Waals surface area contributed by atoms with Crippen LogP contribution in [0.2, 0.25) is 0 Å². The normalized spacial score (nSPS) is 25.1. The molecule has 0 amide bonds. The van der Waals surface area contributed by atoms with Gasteiger partial charge in [-0.1, -0.05) is 83.3 Å². The van der Waals surface area contributed by atoms with E-state index in [1.165, 1.54) is 77.0 Å². The molecule has 1 rings (SSSR count). The summed E-state index contributed by atoms with van der Waals surface area (Å²) in [6.07, 6.45) is 19.3. The average Bonchev–Trinajstić information content (AvgIpc) is 2.72. The van der Waals surface area contributed by atoms with Crippen LogP contribution in [0, 0.1) is 0 Å². The SMILES string of the molecule is CCC/C=C/CCCCCCCCCCCCCO[C@H]1[C@H](O)[C@@H](CO)OC[C@@H]1O. The summed E-state index contributed by atoms with van der Waals surface area (Å²) in [4.78, 5) is 0. The van der Waals surface area contributed by atoms with Gasteiger partial charge in [-0.3, -0.25) is 0 Å². The summed E-state index contributed by atoms with van der Waals surface area (Å²) in [5, 5.41) is 29.1. The van der Waals surface area contributed by atoms with E-state index in [1.54, 1.807) is 0 Å². The minimum Gasteiger partial charge on any atom is -0.394 e. The highest BCUT2D eigenvalue weighted by molar-refractivity contribution is 4.87. The molecule has 5 nitrogen and oxygen atoms in total. The van der Waals surface area contributed by atoms with Crippen molar-refractivity contribution in [3.63, 3.8) is 0 Å². The van der Waals surface area contributed by atoms with Crippen LogP contribution in [0.5, 0.6) is 0 Å². The van der Waals surface area contributed by atoms with E-state index >= 15 is 0 Å². The van der Waals surface area contributed by atoms with Crippen molar-refractivity contribution >= 4 is 0 Å². The lowest BCUT2D eigenvalue weighted by molar-refractivity contribution is -0.210. The van der Waals surface area contributed by atoms with Crippen molar-refractivity contribution < 1.29 is 24.8 Å². The minimum absolute atomic E-state index is 0.100. The summed E-state index contributed by atoms with van der Waals surface area (Å²) in [6.45, 7) is 2.59. The molecule has 29 heavy (non-hydrogen) atoms. The van der Waals surface area contributed by atoms with Gasteiger partial charge in [0.2, 0.25) is 0 Å². The first-order valence-electron chi connectivity index (χ1n) is 12.1. The van der Waals surface area contributed by atoms with Crippen molar-refractivity contribution in [3.8, 4) is 0 Å². The molecule has 0 aromatic heterocycles. The molecule has 1 saturated heterocycles. The Bertz CT molecular complexity index is 387. The Kier molecular flexibility index (Phi) is 16.8. The molecule has 0 radical (unpaired) electrons. The van der Waals surface area contributed by atoms with Gasteiger partial charge in [0.25, 0.3) is 0 Å². The number of ether oxygens (including phenoxy) is 2. The van der Waals surface area contributed by atoms with Gasteiger partial charge in [-0.15, -0.1) is 0 Å². The van der Waals surface area contributed by atoms with Crippen molar-refractivity contribution in [2.75, 3.05) is 19.8 Å². The highest BCUT2D eigenvalue weighted by Crippen LogP contribution is 2.19. The third-order valence-electron chi connectivity index (χ3n) is 5.71. The summed E-state index contributed by atoms with van der Waals surface area (Å²) in [6, 6.07) is 0. The van der Waals surface area contributed by atoms with Gasteiger partial charge < -0.3 is 24.8 Å². The number of unbranched alkanes of at least 4 members (excludes halogenated alkanes) is 12. The molecule has 0 spiro atoms. The van der Waals surface area contributed by atoms with E-state index in [0.717, 1.165) is 12.8 Å². The van der Waals surface area contributed by atoms with Crippen LogP contribution in [0.15, 0.2) is 12.2 Å². The molecule has 3 N–H and O–H groups in total. The van der Waals surface area contributed by atoms with Crippen LogP contribution >= 0.6 is 0 Å². The maximum Gasteiger partial charge on any atom is 0.114 e. The fourth-order valence-electron chi connectivity index (χ4n) is 3.80. The van der Waals surface area contributed by atoms with Crippen LogP contribution < -0.4 is 0 Å². The number of rotatable bonds is 18. The second kappa shape index (κ2) is 18.3. The molecule has 0 aliphatic carbocycles. The highest BCUT2D eigenvalue weighted by atomic mass is 16.6. The van der Waals surface area contributed by atoms with E-state index in [1.807, 2.05) is 0 Å². The summed E-state index contributed by atoms with van der Waals surface area (Å²) < 4.78 is 10.8. The van der Waals surface area contributed by atoms with E-state index in [0.29, 0.717) is 6.61 Å². The maximum absolute atomic E-state index is 10.1. The van der Waals surface area contributed by atoms with Gasteiger partial charge in [0, 0.05) is 6.61 Å². The standard InChI is InChI=1S/C24H46O5/c1-2-3-4-5-6-7-8-9-10-11-12-13-14-15-16-17-18-28-24-21(26)20-29-22(19-25)23(24)27/h4-5,21-27H,2-3,6-20H2,1H3/b5-4+/t21-,22+,23+,24+/m0/s1. The van der Waals surface area contributed by atoms with Crippen LogP contribution in [0.1, 0.15) is 96.8 Å². The van der Waals surface area contributed by atoms with Gasteiger partial charge in [0.15, 0.2) is 0 Å². The molecule has 0 saturated carbocycles. The Morgan fingerprint density at radius 3 is 1.97 bits per heavy atom. The fourth-order valence-corrected chi connectivity index (χ4v) is 3.80. The molecule has 1 fully saturated rings. The molecule has 1 aliphatic rings. The first-order chi connectivity index (χ1) is 14.2. The lowest BCUT2D eigenvalue weighted by Crippen LogP contribution is -2.55. The van der Waals surface area contributed by atoms with Crippen LogP contribution in [-0.4, -0.2) is 59.6 Å². The monoisotopic (exact) mass is 414 g/mol. The van der Waals surface area contributed by atoms with Crippen LogP contribution in [0.3, 0.4) is 0 Å². The Hall–Kier alpha value is -0.460. The number of hydrogen-bond acceptors (Lipinski definition) is 5. The predicted molar refractivity (Wildman–Crippen MR) is 118 cm³/mol. The first kappa shape index (κ1) is 26.6. The van der Waals surface area contributed by atoms with E-state index in [4.69, 9.17) is 14.6 Å². The second-order valence-corrected chi connectivity index (χ2v) is 8.39. The van der Waals surface area contributed by atoms with Crippen molar-refractivity contribution in [2.45, 2.75) is 121 Å². The van der Waals surface area contributed by atoms with E-state index in [9.17, 15) is 10.2 Å². The molecule has 1 aliphatic heterocycles. The Morgan fingerprint density at radius 2 is 1.38 bits per heavy atom. The summed E-state index contributed by atoms with van der Waals surface area (Å²) >= 11 is 0. The molecule has 0 bridgehead atoms. The second-order valence-electron chi connectivity index (χ2n) is 8.39. The smallest absolute Gasteiger partial charge is 0.114 e. The van der Waals surface area contributed by atoms with E-state index in [2.05, 4.69) is 19.1 Å². The Labute approximate surface area is 178 Å². The third kappa shape index (κ3) is 12.7. The topological polar surface area (TPSA) is 79.2 Å². The molecule has 0 unspecified atom stereocenters. The molecule has 4 atom stereocenters. The van der Waals surface area contributed by atoms with Gasteiger partial charge >= 0.3 is 0 Å². The van der Waals surface area contributed by atoms with Gasteiger partial charge in [-0.2, -0.15) is 0 Å². The molecule has 172 valence electrons. The van der Waals surface area contributed by atoms with Crippen molar-refractivity contribution in [1.29, 1.82) is 0 Å². The number of allylic oxidation sites excluding steroid dienone is 2. The van der Waals surface area contributed by atoms with E-state index < -0.39 is 24.4 Å². The lowest BCUT2D eigenvalue weighted by Gasteiger charge is -2.37. The maximum atomic E-state index is 10.1. The molecular weight excluding hydrogens is 368 g/mol. The molecule has 0 aromatic carbocycles. The lowest BCUT2D eigenvalue weighted by atomic mass is 10.0. The van der Waals surface area contributed by atoms with Crippen LogP contribution in [0.25, 0.3) is 0 Å². The summed E-state index contributed by atoms with van der Waals surface area (Å²) in [5.74, 6) is 0. The summed E-state index contributed by atoms with van der Waals surface area (Å²) in [7, 11) is 0.